The molecule has 2 atom stereocenters. The first-order valence-electron chi connectivity index (χ1n) is 8.98. The fourth-order valence-electron chi connectivity index (χ4n) is 4.20. The van der Waals surface area contributed by atoms with E-state index >= 15 is 0 Å². The van der Waals surface area contributed by atoms with Crippen molar-refractivity contribution in [3.05, 3.63) is 35.6 Å². The van der Waals surface area contributed by atoms with Gasteiger partial charge >= 0.3 is 0 Å². The summed E-state index contributed by atoms with van der Waals surface area (Å²) in [6, 6.07) is 7.37. The minimum Gasteiger partial charge on any atom is -0.355 e. The quantitative estimate of drug-likeness (QED) is 0.904. The molecule has 23 heavy (non-hydrogen) atoms. The molecule has 0 spiro atoms. The Kier molecular flexibility index (Phi) is 5.65. The van der Waals surface area contributed by atoms with Gasteiger partial charge in [0.1, 0.15) is 5.82 Å². The molecule has 3 nitrogen and oxygen atoms in total. The smallest absolute Gasteiger partial charge is 0.234 e. The molecule has 0 aromatic heterocycles. The largest absolute Gasteiger partial charge is 0.355 e. The number of hydrogen-bond donors (Lipinski definition) is 1. The van der Waals surface area contributed by atoms with Gasteiger partial charge < -0.3 is 5.32 Å². The molecule has 1 aliphatic carbocycles. The van der Waals surface area contributed by atoms with E-state index in [1.165, 1.54) is 44.6 Å². The van der Waals surface area contributed by atoms with Crippen LogP contribution in [0.5, 0.6) is 0 Å². The van der Waals surface area contributed by atoms with Crippen LogP contribution in [-0.4, -0.2) is 36.5 Å². The van der Waals surface area contributed by atoms with Gasteiger partial charge in [-0.25, -0.2) is 4.39 Å². The number of nitrogens with zero attached hydrogens (tertiary/aromatic N) is 1. The molecule has 1 N–H and O–H groups in total. The van der Waals surface area contributed by atoms with Crippen molar-refractivity contribution in [2.24, 2.45) is 5.92 Å². The van der Waals surface area contributed by atoms with E-state index in [9.17, 15) is 9.18 Å². The van der Waals surface area contributed by atoms with Gasteiger partial charge in [-0.15, -0.1) is 0 Å². The first kappa shape index (κ1) is 16.4. The third-order valence-electron chi connectivity index (χ3n) is 5.38. The second-order valence-corrected chi connectivity index (χ2v) is 6.92. The van der Waals surface area contributed by atoms with Crippen molar-refractivity contribution in [3.8, 4) is 0 Å². The van der Waals surface area contributed by atoms with Crippen LogP contribution in [0, 0.1) is 11.7 Å². The number of nitrogens with one attached hydrogen (secondary N) is 1. The van der Waals surface area contributed by atoms with E-state index < -0.39 is 0 Å². The van der Waals surface area contributed by atoms with Crippen molar-refractivity contribution in [2.45, 2.75) is 51.0 Å². The average Bonchev–Trinajstić information content (AvgIpc) is 2.57. The van der Waals surface area contributed by atoms with Crippen molar-refractivity contribution >= 4 is 5.91 Å². The Bertz CT molecular complexity index is 532. The van der Waals surface area contributed by atoms with E-state index in [-0.39, 0.29) is 11.7 Å². The average molecular weight is 318 g/mol. The lowest BCUT2D eigenvalue weighted by Crippen LogP contribution is -2.50. The van der Waals surface area contributed by atoms with Gasteiger partial charge in [0.15, 0.2) is 0 Å². The fraction of sp³-hybridized carbons (Fsp3) is 0.632. The third kappa shape index (κ3) is 4.31. The lowest BCUT2D eigenvalue weighted by atomic mass is 9.78. The molecular weight excluding hydrogens is 291 g/mol. The molecule has 2 fully saturated rings. The maximum Gasteiger partial charge on any atom is 0.234 e. The van der Waals surface area contributed by atoms with Gasteiger partial charge in [-0.05, 0) is 56.2 Å². The Balaban J connectivity index is 1.44. The van der Waals surface area contributed by atoms with Gasteiger partial charge in [0, 0.05) is 12.6 Å². The minimum atomic E-state index is -0.192. The standard InChI is InChI=1S/C19H27FN2O/c20-17-9-3-1-6-15(17)11-12-21-19(23)14-22-13-5-8-16-7-2-4-10-18(16)22/h1,3,6,9,16,18H,2,4-5,7-8,10-14H2,(H,21,23)/t16-,18+/m1/s1. The number of carbonyl (C=O) groups is 1. The Hall–Kier alpha value is -1.42. The number of carbonyl (C=O) groups excluding carboxylic acids is 1. The molecule has 0 radical (unpaired) electrons. The summed E-state index contributed by atoms with van der Waals surface area (Å²) < 4.78 is 13.6. The molecule has 3 rings (SSSR count). The first-order valence-corrected chi connectivity index (χ1v) is 8.98. The minimum absolute atomic E-state index is 0.0764. The Morgan fingerprint density at radius 3 is 2.83 bits per heavy atom. The van der Waals surface area contributed by atoms with Crippen LogP contribution in [0.15, 0.2) is 24.3 Å². The van der Waals surface area contributed by atoms with Gasteiger partial charge in [-0.2, -0.15) is 0 Å². The first-order chi connectivity index (χ1) is 11.2. The van der Waals surface area contributed by atoms with Crippen molar-refractivity contribution in [1.29, 1.82) is 0 Å². The maximum atomic E-state index is 13.6. The molecule has 4 heteroatoms. The lowest BCUT2D eigenvalue weighted by Gasteiger charge is -2.43. The highest BCUT2D eigenvalue weighted by atomic mass is 19.1. The van der Waals surface area contributed by atoms with Crippen molar-refractivity contribution in [2.75, 3.05) is 19.6 Å². The van der Waals surface area contributed by atoms with Crippen LogP contribution in [0.2, 0.25) is 0 Å². The second-order valence-electron chi connectivity index (χ2n) is 6.92. The van der Waals surface area contributed by atoms with Gasteiger partial charge in [0.2, 0.25) is 5.91 Å². The van der Waals surface area contributed by atoms with Crippen molar-refractivity contribution in [3.63, 3.8) is 0 Å². The number of hydrogen-bond acceptors (Lipinski definition) is 2. The number of benzene rings is 1. The molecule has 2 aliphatic rings. The SMILES string of the molecule is O=C(CN1CCC[C@H]2CCCC[C@@H]21)NCCc1ccccc1F. The summed E-state index contributed by atoms with van der Waals surface area (Å²) >= 11 is 0. The van der Waals surface area contributed by atoms with Crippen LogP contribution in [-0.2, 0) is 11.2 Å². The number of halogens is 1. The van der Waals surface area contributed by atoms with Gasteiger partial charge in [-0.1, -0.05) is 31.0 Å². The Morgan fingerprint density at radius 2 is 1.96 bits per heavy atom. The number of amides is 1. The number of fused-ring (bicyclic) bond motifs is 1. The molecule has 1 amide bonds. The molecule has 0 unspecified atom stereocenters. The van der Waals surface area contributed by atoms with E-state index in [1.807, 2.05) is 6.07 Å². The molecule has 126 valence electrons. The molecule has 0 bridgehead atoms. The zero-order valence-electron chi connectivity index (χ0n) is 13.8. The molecule has 1 aromatic carbocycles. The normalized spacial score (nSPS) is 24.9. The van der Waals surface area contributed by atoms with E-state index in [0.29, 0.717) is 31.1 Å². The van der Waals surface area contributed by atoms with Crippen LogP contribution < -0.4 is 5.32 Å². The monoisotopic (exact) mass is 318 g/mol. The summed E-state index contributed by atoms with van der Waals surface area (Å²) in [5, 5.41) is 2.95. The molecule has 1 saturated carbocycles. The zero-order chi connectivity index (χ0) is 16.1. The second kappa shape index (κ2) is 7.91. The van der Waals surface area contributed by atoms with Crippen LogP contribution in [0.4, 0.5) is 4.39 Å². The van der Waals surface area contributed by atoms with E-state index in [2.05, 4.69) is 10.2 Å². The van der Waals surface area contributed by atoms with Crippen LogP contribution in [0.25, 0.3) is 0 Å². The maximum absolute atomic E-state index is 13.6. The fourth-order valence-corrected chi connectivity index (χ4v) is 4.20. The summed E-state index contributed by atoms with van der Waals surface area (Å²) in [5.41, 5.74) is 0.665. The third-order valence-corrected chi connectivity index (χ3v) is 5.38. The summed E-state index contributed by atoms with van der Waals surface area (Å²) in [6.45, 7) is 2.04. The molecule has 1 heterocycles. The van der Waals surface area contributed by atoms with Crippen LogP contribution >= 0.6 is 0 Å². The van der Waals surface area contributed by atoms with E-state index in [4.69, 9.17) is 0 Å². The number of piperidine rings is 1. The van der Waals surface area contributed by atoms with Crippen molar-refractivity contribution in [1.82, 2.24) is 10.2 Å². The predicted molar refractivity (Wildman–Crippen MR) is 89.7 cm³/mol. The number of rotatable bonds is 5. The zero-order valence-corrected chi connectivity index (χ0v) is 13.8. The highest BCUT2D eigenvalue weighted by Crippen LogP contribution is 2.34. The molecular formula is C19H27FN2O. The number of likely N-dealkylation sites (tertiary alicyclic amines) is 1. The van der Waals surface area contributed by atoms with Crippen LogP contribution in [0.3, 0.4) is 0 Å². The summed E-state index contributed by atoms with van der Waals surface area (Å²) in [6.07, 6.45) is 8.31. The van der Waals surface area contributed by atoms with Gasteiger partial charge in [-0.3, -0.25) is 9.69 Å². The van der Waals surface area contributed by atoms with E-state index in [1.54, 1.807) is 12.1 Å². The van der Waals surface area contributed by atoms with E-state index in [0.717, 1.165) is 12.5 Å². The van der Waals surface area contributed by atoms with Crippen LogP contribution in [0.1, 0.15) is 44.1 Å². The predicted octanol–water partition coefficient (Wildman–Crippen LogP) is 3.14. The van der Waals surface area contributed by atoms with Gasteiger partial charge in [0.05, 0.1) is 6.54 Å². The Morgan fingerprint density at radius 1 is 1.17 bits per heavy atom. The van der Waals surface area contributed by atoms with Crippen molar-refractivity contribution < 1.29 is 9.18 Å². The molecule has 1 aromatic rings. The summed E-state index contributed by atoms with van der Waals surface area (Å²) in [5.74, 6) is 0.680. The molecule has 1 saturated heterocycles. The summed E-state index contributed by atoms with van der Waals surface area (Å²) in [4.78, 5) is 14.6. The molecule has 1 aliphatic heterocycles. The topological polar surface area (TPSA) is 32.3 Å². The van der Waals surface area contributed by atoms with Gasteiger partial charge in [0.25, 0.3) is 0 Å². The highest BCUT2D eigenvalue weighted by molar-refractivity contribution is 5.78. The Labute approximate surface area is 138 Å². The summed E-state index contributed by atoms with van der Waals surface area (Å²) in [7, 11) is 0. The highest BCUT2D eigenvalue weighted by Gasteiger charge is 2.33. The lowest BCUT2D eigenvalue weighted by molar-refractivity contribution is -0.123.